The lowest BCUT2D eigenvalue weighted by molar-refractivity contribution is 0.136. The van der Waals surface area contributed by atoms with E-state index in [0.717, 1.165) is 19.2 Å². The fourth-order valence-electron chi connectivity index (χ4n) is 3.17. The Balaban J connectivity index is 0.00000256. The fourth-order valence-corrected chi connectivity index (χ4v) is 3.17. The molecule has 1 aromatic carbocycles. The van der Waals surface area contributed by atoms with Gasteiger partial charge in [-0.2, -0.15) is 0 Å². The van der Waals surface area contributed by atoms with Crippen LogP contribution in [0.4, 0.5) is 19.0 Å². The molecule has 3 heterocycles. The maximum atomic E-state index is 14.5. The summed E-state index contributed by atoms with van der Waals surface area (Å²) in [7, 11) is 0. The smallest absolute Gasteiger partial charge is 0.266 e. The highest BCUT2D eigenvalue weighted by atomic mass is 35.5. The van der Waals surface area contributed by atoms with E-state index < -0.39 is 23.8 Å². The summed E-state index contributed by atoms with van der Waals surface area (Å²) in [6, 6.07) is 5.12. The van der Waals surface area contributed by atoms with Crippen LogP contribution in [0.1, 0.15) is 36.3 Å². The van der Waals surface area contributed by atoms with E-state index in [1.54, 1.807) is 26.1 Å². The molecular weight excluding hydrogens is 419 g/mol. The van der Waals surface area contributed by atoms with Crippen molar-refractivity contribution in [2.24, 2.45) is 0 Å². The molecule has 1 aliphatic heterocycles. The van der Waals surface area contributed by atoms with Crippen molar-refractivity contribution in [3.63, 3.8) is 0 Å². The van der Waals surface area contributed by atoms with Crippen LogP contribution in [-0.2, 0) is 0 Å². The molecule has 3 aromatic rings. The van der Waals surface area contributed by atoms with Gasteiger partial charge in [-0.15, -0.1) is 12.4 Å². The first-order valence-corrected chi connectivity index (χ1v) is 9.27. The van der Waals surface area contributed by atoms with Crippen LogP contribution in [0.2, 0.25) is 0 Å². The number of hydrogen-bond acceptors (Lipinski definition) is 6. The first kappa shape index (κ1) is 22.0. The number of pyridine rings is 1. The van der Waals surface area contributed by atoms with Crippen LogP contribution in [0.5, 0.6) is 5.88 Å². The first-order chi connectivity index (χ1) is 13.9. The van der Waals surface area contributed by atoms with E-state index in [2.05, 4.69) is 25.6 Å². The van der Waals surface area contributed by atoms with Crippen LogP contribution in [0.15, 0.2) is 30.5 Å². The van der Waals surface area contributed by atoms with Crippen molar-refractivity contribution in [2.45, 2.75) is 32.4 Å². The zero-order valence-corrected chi connectivity index (χ0v) is 17.1. The van der Waals surface area contributed by atoms with E-state index in [4.69, 9.17) is 4.74 Å². The summed E-state index contributed by atoms with van der Waals surface area (Å²) >= 11 is 0. The Labute approximate surface area is 177 Å². The van der Waals surface area contributed by atoms with E-state index >= 15 is 0 Å². The molecule has 2 aromatic heterocycles. The van der Waals surface area contributed by atoms with Crippen LogP contribution in [0.25, 0.3) is 10.9 Å². The van der Waals surface area contributed by atoms with Crippen LogP contribution in [0.3, 0.4) is 0 Å². The molecule has 10 heteroatoms. The van der Waals surface area contributed by atoms with Crippen molar-refractivity contribution >= 4 is 29.1 Å². The molecule has 0 bridgehead atoms. The molecule has 160 valence electrons. The molecule has 0 amide bonds. The third kappa shape index (κ3) is 4.41. The topological polar surface area (TPSA) is 72.0 Å². The van der Waals surface area contributed by atoms with Gasteiger partial charge in [-0.3, -0.25) is 0 Å². The second-order valence-electron chi connectivity index (χ2n) is 6.97. The van der Waals surface area contributed by atoms with Gasteiger partial charge in [0.05, 0.1) is 23.3 Å². The number of anilines is 1. The molecule has 0 spiro atoms. The van der Waals surface area contributed by atoms with Gasteiger partial charge >= 0.3 is 0 Å². The Morgan fingerprint density at radius 1 is 1.20 bits per heavy atom. The lowest BCUT2D eigenvalue weighted by Gasteiger charge is -2.27. The molecular formula is C20H21ClF3N5O. The van der Waals surface area contributed by atoms with Gasteiger partial charge in [0.15, 0.2) is 0 Å². The predicted molar refractivity (Wildman–Crippen MR) is 110 cm³/mol. The monoisotopic (exact) mass is 439 g/mol. The molecule has 1 atom stereocenters. The van der Waals surface area contributed by atoms with Gasteiger partial charge in [-0.05, 0) is 13.8 Å². The molecule has 2 N–H and O–H groups in total. The number of aromatic nitrogens is 3. The Kier molecular flexibility index (Phi) is 6.62. The van der Waals surface area contributed by atoms with Crippen molar-refractivity contribution in [3.8, 4) is 5.88 Å². The largest absolute Gasteiger partial charge is 0.472 e. The zero-order chi connectivity index (χ0) is 20.5. The molecule has 0 radical (unpaired) electrons. The predicted octanol–water partition coefficient (Wildman–Crippen LogP) is 4.36. The number of halogens is 4. The van der Waals surface area contributed by atoms with Crippen molar-refractivity contribution < 1.29 is 17.9 Å². The summed E-state index contributed by atoms with van der Waals surface area (Å²) in [6.07, 6.45) is -1.22. The Hall–Kier alpha value is -2.65. The molecule has 1 unspecified atom stereocenters. The van der Waals surface area contributed by atoms with Crippen molar-refractivity contribution in [2.75, 3.05) is 18.4 Å². The van der Waals surface area contributed by atoms with Gasteiger partial charge in [0.25, 0.3) is 6.43 Å². The molecule has 1 fully saturated rings. The summed E-state index contributed by atoms with van der Waals surface area (Å²) in [5, 5.41) is 6.90. The minimum absolute atomic E-state index is 0. The maximum Gasteiger partial charge on any atom is 0.266 e. The van der Waals surface area contributed by atoms with Gasteiger partial charge in [0.2, 0.25) is 5.88 Å². The lowest BCUT2D eigenvalue weighted by Crippen LogP contribution is -2.50. The normalized spacial score (nSPS) is 14.9. The summed E-state index contributed by atoms with van der Waals surface area (Å²) in [4.78, 5) is 13.1. The van der Waals surface area contributed by atoms with Gasteiger partial charge in [0.1, 0.15) is 23.6 Å². The highest BCUT2D eigenvalue weighted by Gasteiger charge is 2.22. The standard InChI is InChI=1S/C20H20F3N5O.ClH/c1-10(13-4-3-5-14(18(13)21)19(22)23)26-20-15-6-17(29-12-7-24-8-12)25-9-16(15)27-11(2)28-20;/h3-6,9-10,12,19,24H,7-8H2,1-2H3,(H,26,27,28);1H. The Morgan fingerprint density at radius 3 is 2.60 bits per heavy atom. The third-order valence-corrected chi connectivity index (χ3v) is 4.81. The summed E-state index contributed by atoms with van der Waals surface area (Å²) < 4.78 is 46.4. The lowest BCUT2D eigenvalue weighted by atomic mass is 10.0. The maximum absolute atomic E-state index is 14.5. The van der Waals surface area contributed by atoms with Gasteiger partial charge < -0.3 is 15.4 Å². The Morgan fingerprint density at radius 2 is 1.93 bits per heavy atom. The molecule has 4 rings (SSSR count). The van der Waals surface area contributed by atoms with Crippen LogP contribution in [0, 0.1) is 12.7 Å². The van der Waals surface area contributed by atoms with E-state index in [9.17, 15) is 13.2 Å². The van der Waals surface area contributed by atoms with E-state index in [-0.39, 0.29) is 24.1 Å². The SMILES string of the molecule is Cc1nc(NC(C)c2cccc(C(F)F)c2F)c2cc(OC3CNC3)ncc2n1.Cl. The summed E-state index contributed by atoms with van der Waals surface area (Å²) in [5.41, 5.74) is 0.125. The fraction of sp³-hybridized carbons (Fsp3) is 0.350. The number of hydrogen-bond donors (Lipinski definition) is 2. The average molecular weight is 440 g/mol. The second kappa shape index (κ2) is 9.01. The van der Waals surface area contributed by atoms with E-state index in [0.29, 0.717) is 28.4 Å². The molecule has 0 aliphatic carbocycles. The van der Waals surface area contributed by atoms with Crippen LogP contribution >= 0.6 is 12.4 Å². The zero-order valence-electron chi connectivity index (χ0n) is 16.3. The molecule has 6 nitrogen and oxygen atoms in total. The molecule has 0 saturated carbocycles. The highest BCUT2D eigenvalue weighted by molar-refractivity contribution is 5.89. The number of aryl methyl sites for hydroxylation is 1. The molecule has 30 heavy (non-hydrogen) atoms. The van der Waals surface area contributed by atoms with Crippen molar-refractivity contribution in [1.29, 1.82) is 0 Å². The molecule has 1 aliphatic rings. The van der Waals surface area contributed by atoms with Crippen molar-refractivity contribution in [1.82, 2.24) is 20.3 Å². The number of rotatable bonds is 6. The quantitative estimate of drug-likeness (QED) is 0.594. The van der Waals surface area contributed by atoms with E-state index in [1.807, 2.05) is 0 Å². The van der Waals surface area contributed by atoms with Crippen molar-refractivity contribution in [3.05, 3.63) is 53.2 Å². The number of alkyl halides is 2. The second-order valence-corrected chi connectivity index (χ2v) is 6.97. The Bertz CT molecular complexity index is 1050. The minimum atomic E-state index is -2.88. The number of nitrogens with zero attached hydrogens (tertiary/aromatic N) is 3. The number of nitrogens with one attached hydrogen (secondary N) is 2. The van der Waals surface area contributed by atoms with Gasteiger partial charge in [0, 0.05) is 30.1 Å². The van der Waals surface area contributed by atoms with Gasteiger partial charge in [-0.1, -0.05) is 18.2 Å². The summed E-state index contributed by atoms with van der Waals surface area (Å²) in [5.74, 6) is 0.493. The van der Waals surface area contributed by atoms with Crippen LogP contribution < -0.4 is 15.4 Å². The number of benzene rings is 1. The number of ether oxygens (including phenoxy) is 1. The highest BCUT2D eigenvalue weighted by Crippen LogP contribution is 2.31. The first-order valence-electron chi connectivity index (χ1n) is 9.27. The average Bonchev–Trinajstić information content (AvgIpc) is 2.64. The third-order valence-electron chi connectivity index (χ3n) is 4.81. The number of fused-ring (bicyclic) bond motifs is 1. The molecule has 1 saturated heterocycles. The van der Waals surface area contributed by atoms with Gasteiger partial charge in [-0.25, -0.2) is 28.1 Å². The summed E-state index contributed by atoms with van der Waals surface area (Å²) in [6.45, 7) is 4.94. The minimum Gasteiger partial charge on any atom is -0.472 e. The van der Waals surface area contributed by atoms with Crippen LogP contribution in [-0.4, -0.2) is 34.1 Å². The van der Waals surface area contributed by atoms with E-state index in [1.165, 1.54) is 12.1 Å².